The number of rotatable bonds is 2. The second-order valence-corrected chi connectivity index (χ2v) is 2.00. The molecule has 0 amide bonds. The number of methoxy groups -OCH3 is 1. The van der Waals surface area contributed by atoms with E-state index in [1.165, 1.54) is 0 Å². The maximum Gasteiger partial charge on any atom is 0.300 e. The van der Waals surface area contributed by atoms with E-state index in [0.717, 1.165) is 19.8 Å². The summed E-state index contributed by atoms with van der Waals surface area (Å²) in [6, 6.07) is 0. The maximum absolute atomic E-state index is 9.00. The number of aliphatic hydroxyl groups excluding tert-OH is 1. The summed E-state index contributed by atoms with van der Waals surface area (Å²) in [5, 5.41) is 15.5. The largest absolute Gasteiger partial charge is 0.481 e. The molecule has 0 heterocycles. The molecule has 0 fully saturated rings. The van der Waals surface area contributed by atoms with Crippen molar-refractivity contribution in [2.24, 2.45) is 0 Å². The Morgan fingerprint density at radius 2 is 1.67 bits per heavy atom. The summed E-state index contributed by atoms with van der Waals surface area (Å²) in [5.74, 6) is -0.833. The monoisotopic (exact) mass is 180 g/mol. The van der Waals surface area contributed by atoms with Gasteiger partial charge in [-0.05, 0) is 6.42 Å². The second kappa shape index (κ2) is 22.4. The number of unbranched alkanes of at least 4 members (excludes halogenated alkanes) is 1. The fraction of sp³-hybridized carbons (Fsp3) is 0.875. The Labute approximate surface area is 74.2 Å². The summed E-state index contributed by atoms with van der Waals surface area (Å²) in [6.45, 7) is 3.48. The van der Waals surface area contributed by atoms with E-state index in [4.69, 9.17) is 15.0 Å². The van der Waals surface area contributed by atoms with Crippen LogP contribution >= 0.6 is 0 Å². The molecule has 0 rings (SSSR count). The third kappa shape index (κ3) is 342. The van der Waals surface area contributed by atoms with Crippen molar-refractivity contribution >= 4 is 5.97 Å². The van der Waals surface area contributed by atoms with E-state index in [1.807, 2.05) is 0 Å². The van der Waals surface area contributed by atoms with Gasteiger partial charge in [0, 0.05) is 27.8 Å². The van der Waals surface area contributed by atoms with E-state index in [0.29, 0.717) is 6.61 Å². The van der Waals surface area contributed by atoms with Crippen LogP contribution < -0.4 is 0 Å². The molecule has 0 aliphatic rings. The van der Waals surface area contributed by atoms with Gasteiger partial charge in [-0.3, -0.25) is 4.79 Å². The van der Waals surface area contributed by atoms with E-state index in [9.17, 15) is 0 Å². The van der Waals surface area contributed by atoms with E-state index in [1.54, 1.807) is 14.2 Å². The number of hydrogen-bond acceptors (Lipinski definition) is 3. The first-order valence-electron chi connectivity index (χ1n) is 3.77. The lowest BCUT2D eigenvalue weighted by Gasteiger charge is -1.79. The minimum absolute atomic E-state index is 0.344. The van der Waals surface area contributed by atoms with Gasteiger partial charge < -0.3 is 14.9 Å². The highest BCUT2D eigenvalue weighted by molar-refractivity contribution is 5.62. The van der Waals surface area contributed by atoms with E-state index in [-0.39, 0.29) is 0 Å². The highest BCUT2D eigenvalue weighted by atomic mass is 16.4. The fourth-order valence-corrected chi connectivity index (χ4v) is 0.158. The molecule has 2 N–H and O–H groups in total. The number of hydrogen-bond donors (Lipinski definition) is 2. The van der Waals surface area contributed by atoms with Gasteiger partial charge in [0.05, 0.1) is 0 Å². The van der Waals surface area contributed by atoms with E-state index in [2.05, 4.69) is 11.7 Å². The van der Waals surface area contributed by atoms with Crippen molar-refractivity contribution in [1.29, 1.82) is 0 Å². The molecular weight excluding hydrogens is 160 g/mol. The standard InChI is InChI=1S/C4H10O.C2H4O2.C2H6O/c1-2-3-4-5;1-2(3)4;1-3-2/h5H,2-4H2,1H3;1H3,(H,3,4);1-2H3. The van der Waals surface area contributed by atoms with Crippen LogP contribution in [0.5, 0.6) is 0 Å². The predicted molar refractivity (Wildman–Crippen MR) is 48.2 cm³/mol. The van der Waals surface area contributed by atoms with Crippen molar-refractivity contribution in [2.75, 3.05) is 20.8 Å². The molecule has 76 valence electrons. The Morgan fingerprint density at radius 3 is 1.67 bits per heavy atom. The van der Waals surface area contributed by atoms with Gasteiger partial charge in [0.25, 0.3) is 5.97 Å². The topological polar surface area (TPSA) is 66.8 Å². The first kappa shape index (κ1) is 17.5. The van der Waals surface area contributed by atoms with E-state index < -0.39 is 5.97 Å². The minimum atomic E-state index is -0.833. The zero-order valence-electron chi connectivity index (χ0n) is 8.33. The Kier molecular flexibility index (Phi) is 32.7. The van der Waals surface area contributed by atoms with Crippen molar-refractivity contribution in [3.8, 4) is 0 Å². The molecule has 0 aromatic rings. The minimum Gasteiger partial charge on any atom is -0.481 e. The van der Waals surface area contributed by atoms with Gasteiger partial charge in [0.15, 0.2) is 0 Å². The van der Waals surface area contributed by atoms with Gasteiger partial charge in [-0.1, -0.05) is 13.3 Å². The van der Waals surface area contributed by atoms with Crippen molar-refractivity contribution in [3.05, 3.63) is 0 Å². The third-order valence-corrected chi connectivity index (χ3v) is 0.512. The molecule has 0 aromatic heterocycles. The number of ether oxygens (including phenoxy) is 1. The molecular formula is C8H20O4. The van der Waals surface area contributed by atoms with E-state index >= 15 is 0 Å². The lowest BCUT2D eigenvalue weighted by molar-refractivity contribution is -0.134. The molecule has 4 nitrogen and oxygen atoms in total. The Bertz CT molecular complexity index is 67.5. The molecule has 0 aliphatic heterocycles. The molecule has 0 bridgehead atoms. The number of aliphatic carboxylic acids is 1. The molecule has 0 radical (unpaired) electrons. The van der Waals surface area contributed by atoms with Crippen LogP contribution in [-0.4, -0.2) is 37.0 Å². The summed E-state index contributed by atoms with van der Waals surface area (Å²) in [5.41, 5.74) is 0. The first-order valence-corrected chi connectivity index (χ1v) is 3.77. The van der Waals surface area contributed by atoms with Crippen molar-refractivity contribution in [3.63, 3.8) is 0 Å². The van der Waals surface area contributed by atoms with Crippen LogP contribution in [0.2, 0.25) is 0 Å². The zero-order valence-corrected chi connectivity index (χ0v) is 8.33. The molecule has 4 heteroatoms. The summed E-state index contributed by atoms with van der Waals surface area (Å²) in [4.78, 5) is 9.00. The summed E-state index contributed by atoms with van der Waals surface area (Å²) in [6.07, 6.45) is 2.04. The third-order valence-electron chi connectivity index (χ3n) is 0.512. The number of carbonyl (C=O) groups is 1. The van der Waals surface area contributed by atoms with Gasteiger partial charge >= 0.3 is 0 Å². The second-order valence-electron chi connectivity index (χ2n) is 2.00. The van der Waals surface area contributed by atoms with Crippen LogP contribution in [0.4, 0.5) is 0 Å². The van der Waals surface area contributed by atoms with Gasteiger partial charge in [-0.2, -0.15) is 0 Å². The Hall–Kier alpha value is -0.610. The Balaban J connectivity index is -0.000000105. The SMILES string of the molecule is CC(=O)O.CCCCO.COC. The van der Waals surface area contributed by atoms with Crippen LogP contribution in [0, 0.1) is 0 Å². The van der Waals surface area contributed by atoms with Gasteiger partial charge in [-0.15, -0.1) is 0 Å². The lowest BCUT2D eigenvalue weighted by Crippen LogP contribution is -1.78. The molecule has 0 spiro atoms. The highest BCUT2D eigenvalue weighted by Gasteiger charge is 1.69. The van der Waals surface area contributed by atoms with Gasteiger partial charge in [0.1, 0.15) is 0 Å². The molecule has 12 heavy (non-hydrogen) atoms. The quantitative estimate of drug-likeness (QED) is 0.668. The van der Waals surface area contributed by atoms with Crippen LogP contribution in [0.3, 0.4) is 0 Å². The average molecular weight is 180 g/mol. The first-order chi connectivity index (χ1) is 5.56. The van der Waals surface area contributed by atoms with Crippen molar-refractivity contribution in [1.82, 2.24) is 0 Å². The van der Waals surface area contributed by atoms with Crippen molar-refractivity contribution in [2.45, 2.75) is 26.7 Å². The lowest BCUT2D eigenvalue weighted by atomic mass is 10.4. The average Bonchev–Trinajstić information content (AvgIpc) is 1.89. The molecule has 0 saturated carbocycles. The van der Waals surface area contributed by atoms with Crippen LogP contribution in [0.15, 0.2) is 0 Å². The van der Waals surface area contributed by atoms with Crippen LogP contribution in [-0.2, 0) is 9.53 Å². The van der Waals surface area contributed by atoms with Gasteiger partial charge in [0.2, 0.25) is 0 Å². The zero-order chi connectivity index (χ0) is 10.4. The summed E-state index contributed by atoms with van der Waals surface area (Å²) in [7, 11) is 3.25. The van der Waals surface area contributed by atoms with Crippen molar-refractivity contribution < 1.29 is 19.7 Å². The number of carboxylic acids is 1. The normalized spacial score (nSPS) is 7.08. The number of aliphatic hydroxyl groups is 1. The molecule has 0 aromatic carbocycles. The fourth-order valence-electron chi connectivity index (χ4n) is 0.158. The maximum atomic E-state index is 9.00. The predicted octanol–water partition coefficient (Wildman–Crippen LogP) is 1.13. The van der Waals surface area contributed by atoms with Gasteiger partial charge in [-0.25, -0.2) is 0 Å². The molecule has 0 aliphatic carbocycles. The molecule has 0 atom stereocenters. The smallest absolute Gasteiger partial charge is 0.300 e. The number of carboxylic acid groups (broad SMARTS) is 1. The molecule has 0 unspecified atom stereocenters. The summed E-state index contributed by atoms with van der Waals surface area (Å²) >= 11 is 0. The Morgan fingerprint density at radius 1 is 1.42 bits per heavy atom. The molecule has 0 saturated heterocycles. The summed E-state index contributed by atoms with van der Waals surface area (Å²) < 4.78 is 4.25. The van der Waals surface area contributed by atoms with Crippen LogP contribution in [0.1, 0.15) is 26.7 Å². The van der Waals surface area contributed by atoms with Crippen LogP contribution in [0.25, 0.3) is 0 Å². The highest BCUT2D eigenvalue weighted by Crippen LogP contribution is 1.78.